The second kappa shape index (κ2) is 33.4. The molecule has 0 spiro atoms. The molecule has 3 unspecified atom stereocenters. The SMILES string of the molecule is CC(C)(C)O.CC1(Cc2ccccc2)CCN(Cc2ccccc2)C1.CC1(Cc2ccccc2)CCNC1.O=C=O.[N-]=[N+]=NP(=O)(Oc1ccccc1)Oc1ccccc1.c1ccc(CC2CCN(Cc3ccccc3)C2)cc1. The second-order valence-electron chi connectivity index (χ2n) is 22.1. The van der Waals surface area contributed by atoms with Gasteiger partial charge in [-0.25, -0.2) is 4.57 Å². The van der Waals surface area contributed by atoms with Gasteiger partial charge in [0.2, 0.25) is 0 Å². The molecule has 79 heavy (non-hydrogen) atoms. The molecule has 13 heteroatoms. The Morgan fingerprint density at radius 2 is 0.987 bits per heavy atom. The molecule has 3 fully saturated rings. The topological polar surface area (TPSA) is 157 Å². The van der Waals surface area contributed by atoms with E-state index in [1.165, 1.54) is 106 Å². The lowest BCUT2D eigenvalue weighted by atomic mass is 9.83. The van der Waals surface area contributed by atoms with E-state index in [1.54, 1.807) is 81.4 Å². The fourth-order valence-electron chi connectivity index (χ4n) is 9.79. The van der Waals surface area contributed by atoms with Gasteiger partial charge < -0.3 is 19.5 Å². The lowest BCUT2D eigenvalue weighted by molar-refractivity contribution is -0.191. The maximum absolute atomic E-state index is 12.3. The first-order chi connectivity index (χ1) is 38.1. The van der Waals surface area contributed by atoms with Crippen LogP contribution in [0.2, 0.25) is 0 Å². The molecule has 416 valence electrons. The number of nitrogens with one attached hydrogen (secondary N) is 1. The molecule has 2 N–H and O–H groups in total. The third kappa shape index (κ3) is 25.9. The van der Waals surface area contributed by atoms with Crippen LogP contribution in [0, 0.1) is 16.7 Å². The van der Waals surface area contributed by atoms with Gasteiger partial charge in [0.25, 0.3) is 0 Å². The number of carbonyl (C=O) groups excluding carboxylic acids is 2. The van der Waals surface area contributed by atoms with Crippen molar-refractivity contribution >= 4 is 13.9 Å². The van der Waals surface area contributed by atoms with Gasteiger partial charge in [0, 0.05) is 42.5 Å². The quantitative estimate of drug-likeness (QED) is 0.0441. The lowest BCUT2D eigenvalue weighted by Gasteiger charge is -2.25. The van der Waals surface area contributed by atoms with E-state index in [0.29, 0.717) is 22.3 Å². The van der Waals surface area contributed by atoms with Crippen LogP contribution in [-0.4, -0.2) is 65.9 Å². The molecular weight excluding hydrogens is 1000 g/mol. The molecule has 3 aliphatic heterocycles. The predicted octanol–water partition coefficient (Wildman–Crippen LogP) is 14.9. The Bertz CT molecular complexity index is 2770. The van der Waals surface area contributed by atoms with Crippen LogP contribution < -0.4 is 14.4 Å². The Labute approximate surface area is 470 Å². The molecule has 0 radical (unpaired) electrons. The van der Waals surface area contributed by atoms with Crippen LogP contribution in [0.3, 0.4) is 0 Å². The number of azide groups is 1. The van der Waals surface area contributed by atoms with Gasteiger partial charge in [-0.15, -0.1) is 0 Å². The van der Waals surface area contributed by atoms with Gasteiger partial charge in [0.1, 0.15) is 11.5 Å². The Morgan fingerprint density at radius 3 is 1.39 bits per heavy atom. The zero-order valence-corrected chi connectivity index (χ0v) is 47.8. The third-order valence-corrected chi connectivity index (χ3v) is 14.5. The van der Waals surface area contributed by atoms with Crippen LogP contribution in [0.15, 0.2) is 217 Å². The summed E-state index contributed by atoms with van der Waals surface area (Å²) in [6.45, 7) is 19.5. The van der Waals surface area contributed by atoms with Crippen molar-refractivity contribution in [2.75, 3.05) is 39.3 Å². The molecule has 3 aliphatic rings. The van der Waals surface area contributed by atoms with Crippen molar-refractivity contribution in [1.82, 2.24) is 15.1 Å². The van der Waals surface area contributed by atoms with Crippen LogP contribution in [0.4, 0.5) is 0 Å². The molecule has 0 bridgehead atoms. The molecule has 3 atom stereocenters. The molecule has 3 saturated heterocycles. The maximum Gasteiger partial charge on any atom is 0.525 e. The number of para-hydroxylation sites is 2. The van der Waals surface area contributed by atoms with Crippen LogP contribution in [0.1, 0.15) is 81.7 Å². The summed E-state index contributed by atoms with van der Waals surface area (Å²) >= 11 is 0. The minimum absolute atomic E-state index is 0.250. The van der Waals surface area contributed by atoms with Crippen molar-refractivity contribution in [2.24, 2.45) is 21.6 Å². The van der Waals surface area contributed by atoms with Crippen LogP contribution in [-0.2, 0) is 46.5 Å². The summed E-state index contributed by atoms with van der Waals surface area (Å²) < 4.78 is 22.6. The first-order valence-corrected chi connectivity index (χ1v) is 28.8. The molecule has 3 heterocycles. The van der Waals surface area contributed by atoms with E-state index in [2.05, 4.69) is 190 Å². The smallest absolute Gasteiger partial charge is 0.411 e. The van der Waals surface area contributed by atoms with E-state index in [-0.39, 0.29) is 6.15 Å². The Kier molecular flexibility index (Phi) is 26.5. The molecule has 0 aliphatic carbocycles. The summed E-state index contributed by atoms with van der Waals surface area (Å²) in [4.78, 5) is 27.1. The average Bonchev–Trinajstić information content (AvgIpc) is 4.18. The fourth-order valence-corrected chi connectivity index (χ4v) is 10.8. The largest absolute Gasteiger partial charge is 0.525 e. The first-order valence-electron chi connectivity index (χ1n) is 27.3. The van der Waals surface area contributed by atoms with Gasteiger partial charge in [0.05, 0.1) is 5.60 Å². The summed E-state index contributed by atoms with van der Waals surface area (Å²) in [5.74, 6) is 1.43. The van der Waals surface area contributed by atoms with Gasteiger partial charge in [-0.2, -0.15) is 9.59 Å². The summed E-state index contributed by atoms with van der Waals surface area (Å²) in [7, 11) is -3.95. The number of benzene rings is 7. The number of hydrogen-bond donors (Lipinski definition) is 2. The number of rotatable bonds is 15. The molecule has 0 aromatic heterocycles. The highest BCUT2D eigenvalue weighted by atomic mass is 31.2. The monoisotopic (exact) mass is 1080 g/mol. The zero-order valence-electron chi connectivity index (χ0n) is 46.9. The average molecular weight is 1090 g/mol. The van der Waals surface area contributed by atoms with Crippen molar-refractivity contribution in [2.45, 2.75) is 91.8 Å². The standard InChI is InChI=1S/C19H23N.C18H21N.C12H10N3O3P.C12H17N.C4H10O.CO2/c1-19(14-17-8-4-2-5-9-17)12-13-20(16-19)15-18-10-6-3-7-11-18;1-3-7-16(8-4-1)13-18-11-12-19(15-18)14-17-9-5-2-6-10-17;13-14-15-19(16,17-11-7-3-1-4-8-11)18-12-9-5-2-6-10-12;1-12(7-8-13-10-12)9-11-5-3-2-4-6-11;1-4(2,3)5;2-1-3/h2-11H,12-16H2,1H3;1-10,18H,11-15H2;1-10H;2-6,13H,7-10H2,1H3;5H,1-3H3;. The van der Waals surface area contributed by atoms with Gasteiger partial charge in [-0.3, -0.25) is 9.80 Å². The highest BCUT2D eigenvalue weighted by molar-refractivity contribution is 7.53. The summed E-state index contributed by atoms with van der Waals surface area (Å²) in [5.41, 5.74) is 16.2. The van der Waals surface area contributed by atoms with E-state index < -0.39 is 13.3 Å². The number of likely N-dealkylation sites (tertiary alicyclic amines) is 2. The Morgan fingerprint density at radius 1 is 0.608 bits per heavy atom. The van der Waals surface area contributed by atoms with Gasteiger partial charge in [-0.1, -0.05) is 202 Å². The molecular formula is C66H81N6O6P. The van der Waals surface area contributed by atoms with Crippen molar-refractivity contribution in [1.29, 1.82) is 0 Å². The van der Waals surface area contributed by atoms with Crippen molar-refractivity contribution < 1.29 is 28.3 Å². The lowest BCUT2D eigenvalue weighted by Crippen LogP contribution is -2.26. The molecule has 0 amide bonds. The zero-order chi connectivity index (χ0) is 56.7. The summed E-state index contributed by atoms with van der Waals surface area (Å²) in [6.07, 6.45) is 7.82. The minimum atomic E-state index is -3.95. The van der Waals surface area contributed by atoms with E-state index in [1.807, 2.05) is 0 Å². The molecule has 12 nitrogen and oxygen atoms in total. The van der Waals surface area contributed by atoms with Gasteiger partial charge >= 0.3 is 13.9 Å². The van der Waals surface area contributed by atoms with Crippen molar-refractivity contribution in [3.8, 4) is 11.5 Å². The van der Waals surface area contributed by atoms with E-state index in [9.17, 15) is 4.57 Å². The summed E-state index contributed by atoms with van der Waals surface area (Å²) in [6, 6.07) is 71.0. The van der Waals surface area contributed by atoms with E-state index >= 15 is 0 Å². The highest BCUT2D eigenvalue weighted by Gasteiger charge is 2.34. The van der Waals surface area contributed by atoms with Gasteiger partial charge in [0.15, 0.2) is 0 Å². The van der Waals surface area contributed by atoms with Crippen molar-refractivity contribution in [3.05, 3.63) is 251 Å². The third-order valence-electron chi connectivity index (χ3n) is 13.4. The number of nitrogens with zero attached hydrogens (tertiary/aromatic N) is 5. The molecule has 0 saturated carbocycles. The second-order valence-corrected chi connectivity index (χ2v) is 23.6. The molecule has 7 aromatic rings. The van der Waals surface area contributed by atoms with Crippen LogP contribution >= 0.6 is 7.75 Å². The minimum Gasteiger partial charge on any atom is -0.411 e. The predicted molar refractivity (Wildman–Crippen MR) is 318 cm³/mol. The Hall–Kier alpha value is -7.10. The van der Waals surface area contributed by atoms with Crippen molar-refractivity contribution in [3.63, 3.8) is 0 Å². The summed E-state index contributed by atoms with van der Waals surface area (Å²) in [5, 5.41) is 12.0. The Balaban J connectivity index is 0.000000187. The number of hydrogen-bond acceptors (Lipinski definition) is 9. The maximum atomic E-state index is 12.3. The number of aliphatic hydroxyl groups is 1. The van der Waals surface area contributed by atoms with E-state index in [4.69, 9.17) is 29.3 Å². The fraction of sp³-hybridized carbons (Fsp3) is 0.348. The normalized spacial score (nSPS) is 18.5. The molecule has 7 aromatic carbocycles. The van der Waals surface area contributed by atoms with Crippen LogP contribution in [0.25, 0.3) is 10.4 Å². The highest BCUT2D eigenvalue weighted by Crippen LogP contribution is 2.50. The van der Waals surface area contributed by atoms with Crippen LogP contribution in [0.5, 0.6) is 11.5 Å². The van der Waals surface area contributed by atoms with E-state index in [0.717, 1.165) is 19.0 Å². The van der Waals surface area contributed by atoms with Gasteiger partial charge in [-0.05, 0) is 153 Å². The first kappa shape index (κ1) is 62.7. The molecule has 10 rings (SSSR count).